The molecule has 0 bridgehead atoms. The molecule has 0 radical (unpaired) electrons. The molecule has 0 aliphatic rings. The summed E-state index contributed by atoms with van der Waals surface area (Å²) < 4.78 is 0.991. The number of halogens is 1. The summed E-state index contributed by atoms with van der Waals surface area (Å²) in [6.07, 6.45) is 0. The molecule has 2 nitrogen and oxygen atoms in total. The zero-order valence-corrected chi connectivity index (χ0v) is 12.6. The van der Waals surface area contributed by atoms with Gasteiger partial charge in [0.15, 0.2) is 5.78 Å². The highest BCUT2D eigenvalue weighted by atomic mass is 127. The van der Waals surface area contributed by atoms with Crippen LogP contribution in [0.5, 0.6) is 0 Å². The fourth-order valence-electron chi connectivity index (χ4n) is 1.99. The van der Waals surface area contributed by atoms with E-state index in [1.54, 1.807) is 6.07 Å². The van der Waals surface area contributed by atoms with E-state index in [4.69, 9.17) is 0 Å². The van der Waals surface area contributed by atoms with Crippen LogP contribution in [0, 0.1) is 21.8 Å². The van der Waals surface area contributed by atoms with Crippen molar-refractivity contribution in [3.63, 3.8) is 0 Å². The van der Waals surface area contributed by atoms with Crippen LogP contribution in [0.25, 0.3) is 0 Å². The summed E-state index contributed by atoms with van der Waals surface area (Å²) in [5, 5.41) is 9.33. The SMILES string of the molecule is Cc1ccccc1C(C#N)C(=O)c1cccc(I)c1. The first-order chi connectivity index (χ1) is 9.13. The lowest BCUT2D eigenvalue weighted by atomic mass is 9.89. The van der Waals surface area contributed by atoms with Crippen molar-refractivity contribution < 1.29 is 4.79 Å². The number of Topliss-reactive ketones (excluding diaryl/α,β-unsaturated/α-hetero) is 1. The van der Waals surface area contributed by atoms with Gasteiger partial charge in [0, 0.05) is 9.13 Å². The van der Waals surface area contributed by atoms with Gasteiger partial charge in [-0.05, 0) is 52.8 Å². The lowest BCUT2D eigenvalue weighted by molar-refractivity contribution is 0.0978. The van der Waals surface area contributed by atoms with Crippen molar-refractivity contribution >= 4 is 28.4 Å². The maximum Gasteiger partial charge on any atom is 0.184 e. The molecule has 0 saturated carbocycles. The molecule has 0 N–H and O–H groups in total. The fourth-order valence-corrected chi connectivity index (χ4v) is 2.53. The molecule has 94 valence electrons. The molecule has 2 aromatic carbocycles. The Balaban J connectivity index is 2.42. The fraction of sp³-hybridized carbons (Fsp3) is 0.125. The summed E-state index contributed by atoms with van der Waals surface area (Å²) in [6.45, 7) is 1.92. The Morgan fingerprint density at radius 2 is 1.95 bits per heavy atom. The average molecular weight is 361 g/mol. The first kappa shape index (κ1) is 13.8. The van der Waals surface area contributed by atoms with E-state index in [9.17, 15) is 10.1 Å². The number of aryl methyl sites for hydroxylation is 1. The van der Waals surface area contributed by atoms with Crippen molar-refractivity contribution in [2.24, 2.45) is 0 Å². The van der Waals surface area contributed by atoms with Crippen LogP contribution < -0.4 is 0 Å². The van der Waals surface area contributed by atoms with Gasteiger partial charge in [-0.1, -0.05) is 36.4 Å². The van der Waals surface area contributed by atoms with Gasteiger partial charge in [0.25, 0.3) is 0 Å². The highest BCUT2D eigenvalue weighted by Gasteiger charge is 2.23. The zero-order valence-electron chi connectivity index (χ0n) is 10.4. The number of nitriles is 1. The molecule has 0 fully saturated rings. The first-order valence-corrected chi connectivity index (χ1v) is 6.96. The van der Waals surface area contributed by atoms with Gasteiger partial charge in [-0.25, -0.2) is 0 Å². The minimum absolute atomic E-state index is 0.143. The molecule has 2 rings (SSSR count). The second-order valence-corrected chi connectivity index (χ2v) is 5.54. The van der Waals surface area contributed by atoms with Crippen LogP contribution in [0.2, 0.25) is 0 Å². The molecule has 0 aromatic heterocycles. The summed E-state index contributed by atoms with van der Waals surface area (Å²) in [5.41, 5.74) is 2.34. The third kappa shape index (κ3) is 3.02. The Bertz CT molecular complexity index is 658. The molecule has 3 heteroatoms. The smallest absolute Gasteiger partial charge is 0.184 e. The quantitative estimate of drug-likeness (QED) is 0.610. The van der Waals surface area contributed by atoms with E-state index in [2.05, 4.69) is 28.7 Å². The summed E-state index contributed by atoms with van der Waals surface area (Å²) in [5.74, 6) is -0.880. The Labute approximate surface area is 126 Å². The summed E-state index contributed by atoms with van der Waals surface area (Å²) >= 11 is 2.16. The molecule has 0 amide bonds. The highest BCUT2D eigenvalue weighted by molar-refractivity contribution is 14.1. The van der Waals surface area contributed by atoms with Gasteiger partial charge in [-0.2, -0.15) is 5.26 Å². The normalized spacial score (nSPS) is 11.6. The van der Waals surface area contributed by atoms with Crippen molar-refractivity contribution in [3.8, 4) is 6.07 Å². The highest BCUT2D eigenvalue weighted by Crippen LogP contribution is 2.24. The minimum atomic E-state index is -0.737. The number of carbonyl (C=O) groups excluding carboxylic acids is 1. The van der Waals surface area contributed by atoms with E-state index in [1.807, 2.05) is 49.4 Å². The molecular formula is C16H12INO. The second-order valence-electron chi connectivity index (χ2n) is 4.29. The number of hydrogen-bond donors (Lipinski definition) is 0. The van der Waals surface area contributed by atoms with Gasteiger partial charge in [0.2, 0.25) is 0 Å². The lowest BCUT2D eigenvalue weighted by Crippen LogP contribution is -2.12. The molecule has 19 heavy (non-hydrogen) atoms. The molecule has 0 aliphatic carbocycles. The molecule has 0 aliphatic heterocycles. The van der Waals surface area contributed by atoms with Crippen LogP contribution in [0.15, 0.2) is 48.5 Å². The van der Waals surface area contributed by atoms with Crippen LogP contribution in [-0.2, 0) is 0 Å². The third-order valence-corrected chi connectivity index (χ3v) is 3.67. The van der Waals surface area contributed by atoms with Crippen LogP contribution in [0.3, 0.4) is 0 Å². The van der Waals surface area contributed by atoms with Crippen molar-refractivity contribution in [2.45, 2.75) is 12.8 Å². The van der Waals surface area contributed by atoms with Crippen molar-refractivity contribution in [1.82, 2.24) is 0 Å². The third-order valence-electron chi connectivity index (χ3n) is 3.00. The standard InChI is InChI=1S/C16H12INO/c1-11-5-2-3-8-14(11)15(10-18)16(19)12-6-4-7-13(17)9-12/h2-9,15H,1H3. The Morgan fingerprint density at radius 1 is 1.21 bits per heavy atom. The number of hydrogen-bond acceptors (Lipinski definition) is 2. The first-order valence-electron chi connectivity index (χ1n) is 5.88. The van der Waals surface area contributed by atoms with E-state index >= 15 is 0 Å². The predicted octanol–water partition coefficient (Wildman–Crippen LogP) is 4.09. The van der Waals surface area contributed by atoms with Crippen LogP contribution in [0.1, 0.15) is 27.4 Å². The molecule has 0 heterocycles. The van der Waals surface area contributed by atoms with Crippen LogP contribution in [0.4, 0.5) is 0 Å². The lowest BCUT2D eigenvalue weighted by Gasteiger charge is -2.11. The molecule has 2 aromatic rings. The maximum absolute atomic E-state index is 12.5. The van der Waals surface area contributed by atoms with E-state index in [0.717, 1.165) is 14.7 Å². The largest absolute Gasteiger partial charge is 0.292 e. The molecular weight excluding hydrogens is 349 g/mol. The summed E-state index contributed by atoms with van der Waals surface area (Å²) in [4.78, 5) is 12.5. The van der Waals surface area contributed by atoms with Gasteiger partial charge in [0.1, 0.15) is 5.92 Å². The van der Waals surface area contributed by atoms with Gasteiger partial charge < -0.3 is 0 Å². The van der Waals surface area contributed by atoms with E-state index in [1.165, 1.54) is 0 Å². The van der Waals surface area contributed by atoms with E-state index in [-0.39, 0.29) is 5.78 Å². The number of benzene rings is 2. The number of ketones is 1. The van der Waals surface area contributed by atoms with Crippen molar-refractivity contribution in [1.29, 1.82) is 5.26 Å². The van der Waals surface area contributed by atoms with E-state index in [0.29, 0.717) is 5.56 Å². The molecule has 0 spiro atoms. The van der Waals surface area contributed by atoms with Gasteiger partial charge in [0.05, 0.1) is 6.07 Å². The molecule has 1 atom stereocenters. The number of carbonyl (C=O) groups is 1. The Morgan fingerprint density at radius 3 is 2.58 bits per heavy atom. The van der Waals surface area contributed by atoms with Gasteiger partial charge in [-0.3, -0.25) is 4.79 Å². The Kier molecular flexibility index (Phi) is 4.33. The summed E-state index contributed by atoms with van der Waals surface area (Å²) in [7, 11) is 0. The zero-order chi connectivity index (χ0) is 13.8. The van der Waals surface area contributed by atoms with Gasteiger partial charge in [-0.15, -0.1) is 0 Å². The van der Waals surface area contributed by atoms with Crippen LogP contribution >= 0.6 is 22.6 Å². The van der Waals surface area contributed by atoms with Crippen molar-refractivity contribution in [2.75, 3.05) is 0 Å². The van der Waals surface area contributed by atoms with E-state index < -0.39 is 5.92 Å². The maximum atomic E-state index is 12.5. The van der Waals surface area contributed by atoms with Gasteiger partial charge >= 0.3 is 0 Å². The summed E-state index contributed by atoms with van der Waals surface area (Å²) in [6, 6.07) is 17.0. The number of nitrogens with zero attached hydrogens (tertiary/aromatic N) is 1. The number of rotatable bonds is 3. The molecule has 0 saturated heterocycles. The second kappa shape index (κ2) is 5.98. The van der Waals surface area contributed by atoms with Crippen LogP contribution in [-0.4, -0.2) is 5.78 Å². The monoisotopic (exact) mass is 361 g/mol. The Hall–Kier alpha value is -1.67. The predicted molar refractivity (Wildman–Crippen MR) is 83.0 cm³/mol. The molecule has 1 unspecified atom stereocenters. The average Bonchev–Trinajstić information content (AvgIpc) is 2.41. The topological polar surface area (TPSA) is 40.9 Å². The van der Waals surface area contributed by atoms with Crippen molar-refractivity contribution in [3.05, 3.63) is 68.8 Å². The minimum Gasteiger partial charge on any atom is -0.292 e.